The Bertz CT molecular complexity index is 2330. The number of hydrogen-bond acceptors (Lipinski definition) is 9. The predicted molar refractivity (Wildman–Crippen MR) is 189 cm³/mol. The van der Waals surface area contributed by atoms with Gasteiger partial charge in [0.1, 0.15) is 5.82 Å². The minimum absolute atomic E-state index is 0.0120. The van der Waals surface area contributed by atoms with Crippen LogP contribution in [0.3, 0.4) is 0 Å². The topological polar surface area (TPSA) is 112 Å². The molecule has 4 aromatic heterocycles. The minimum Gasteiger partial charge on any atom is -0.339 e. The number of hydrogen-bond donors (Lipinski definition) is 0. The van der Waals surface area contributed by atoms with Crippen LogP contribution in [0.1, 0.15) is 6.42 Å². The first-order valence-electron chi connectivity index (χ1n) is 15.4. The van der Waals surface area contributed by atoms with E-state index in [0.717, 1.165) is 42.5 Å². The number of thioether (sulfide) groups is 1. The van der Waals surface area contributed by atoms with Crippen LogP contribution in [0.5, 0.6) is 0 Å². The van der Waals surface area contributed by atoms with Crippen molar-refractivity contribution in [2.45, 2.75) is 17.8 Å². The van der Waals surface area contributed by atoms with Crippen molar-refractivity contribution in [2.75, 3.05) is 43.9 Å². The number of alkyl halides is 3. The normalized spacial score (nSPS) is 13.9. The molecule has 2 aromatic carbocycles. The number of aromatic nitrogens is 8. The highest BCUT2D eigenvalue weighted by molar-refractivity contribution is 7.99. The van der Waals surface area contributed by atoms with Crippen molar-refractivity contribution >= 4 is 63.2 Å². The quantitative estimate of drug-likeness (QED) is 0.124. The van der Waals surface area contributed by atoms with Crippen molar-refractivity contribution < 1.29 is 17.6 Å². The fraction of sp³-hybridized carbons (Fsp3) is 0.312. The van der Waals surface area contributed by atoms with Gasteiger partial charge in [0.2, 0.25) is 5.95 Å². The third kappa shape index (κ3) is 7.75. The first-order valence-corrected chi connectivity index (χ1v) is 17.2. The van der Waals surface area contributed by atoms with Gasteiger partial charge >= 0.3 is 6.18 Å². The van der Waals surface area contributed by atoms with Gasteiger partial charge < -0.3 is 18.9 Å². The van der Waals surface area contributed by atoms with Gasteiger partial charge in [-0.1, -0.05) is 35.0 Å². The molecule has 0 radical (unpaired) electrons. The number of aryl methyl sites for hydroxylation is 2. The van der Waals surface area contributed by atoms with Crippen LogP contribution in [-0.4, -0.2) is 88.3 Å². The van der Waals surface area contributed by atoms with E-state index in [1.165, 1.54) is 23.0 Å². The summed E-state index contributed by atoms with van der Waals surface area (Å²) in [5.41, 5.74) is 0.905. The summed E-state index contributed by atoms with van der Waals surface area (Å²) >= 11 is 12.4. The molecule has 12 nitrogen and oxygen atoms in total. The number of imidazole rings is 2. The summed E-state index contributed by atoms with van der Waals surface area (Å²) in [6.07, 6.45) is -2.44. The molecule has 1 saturated heterocycles. The van der Waals surface area contributed by atoms with Crippen LogP contribution in [0.25, 0.3) is 33.7 Å². The van der Waals surface area contributed by atoms with Crippen LogP contribution < -0.4 is 16.0 Å². The maximum Gasteiger partial charge on any atom is 0.389 e. The molecule has 0 N–H and O–H groups in total. The molecule has 0 bridgehead atoms. The molecule has 51 heavy (non-hydrogen) atoms. The average Bonchev–Trinajstić information content (AvgIpc) is 3.64. The number of anilines is 1. The molecule has 0 atom stereocenters. The molecule has 0 amide bonds. The van der Waals surface area contributed by atoms with E-state index in [-0.39, 0.29) is 38.3 Å². The number of likely N-dealkylation sites (N-methyl/N-ethyl adjacent to an activating group) is 1. The number of fused-ring (bicyclic) bond motifs is 2. The summed E-state index contributed by atoms with van der Waals surface area (Å²) in [4.78, 5) is 47.5. The van der Waals surface area contributed by atoms with E-state index in [1.807, 2.05) is 19.2 Å². The highest BCUT2D eigenvalue weighted by atomic mass is 35.5. The van der Waals surface area contributed by atoms with E-state index >= 15 is 0 Å². The van der Waals surface area contributed by atoms with Crippen molar-refractivity contribution in [2.24, 2.45) is 14.1 Å². The van der Waals surface area contributed by atoms with E-state index in [2.05, 4.69) is 31.8 Å². The molecule has 0 spiro atoms. The maximum atomic E-state index is 14.3. The first kappa shape index (κ1) is 36.3. The Morgan fingerprint density at radius 2 is 1.35 bits per heavy atom. The van der Waals surface area contributed by atoms with Gasteiger partial charge in [0.05, 0.1) is 30.5 Å². The zero-order valence-corrected chi connectivity index (χ0v) is 29.7. The second-order valence-electron chi connectivity index (χ2n) is 11.7. The SMILES string of the molecule is CN1CCN(c2nc3c(ncn3C)c(=O)n2-c2ccc(Cl)cc2)CC1.Cn1cnc2c(=O)n(-c3ccc(Cl)cc3F)c(SCCC(F)(F)F)nc21. The molecule has 268 valence electrons. The van der Waals surface area contributed by atoms with Crippen molar-refractivity contribution in [3.8, 4) is 11.4 Å². The molecule has 0 saturated carbocycles. The molecular formula is C32H30Cl2F4N10O2S. The summed E-state index contributed by atoms with van der Waals surface area (Å²) in [5, 5.41) is 0.693. The van der Waals surface area contributed by atoms with Crippen molar-refractivity contribution in [1.82, 2.24) is 43.1 Å². The van der Waals surface area contributed by atoms with Gasteiger partial charge in [-0.05, 0) is 49.5 Å². The van der Waals surface area contributed by atoms with Gasteiger partial charge in [-0.25, -0.2) is 23.9 Å². The van der Waals surface area contributed by atoms with Crippen LogP contribution in [-0.2, 0) is 14.1 Å². The Kier molecular flexibility index (Phi) is 10.4. The van der Waals surface area contributed by atoms with E-state index in [0.29, 0.717) is 33.9 Å². The Hall–Kier alpha value is -4.45. The molecule has 0 unspecified atom stereocenters. The molecule has 1 aliphatic heterocycles. The summed E-state index contributed by atoms with van der Waals surface area (Å²) in [7, 11) is 5.54. The summed E-state index contributed by atoms with van der Waals surface area (Å²) < 4.78 is 57.5. The molecular weight excluding hydrogens is 735 g/mol. The number of piperazine rings is 1. The zero-order valence-electron chi connectivity index (χ0n) is 27.4. The Labute approximate surface area is 301 Å². The van der Waals surface area contributed by atoms with E-state index < -0.39 is 24.0 Å². The third-order valence-corrected chi connectivity index (χ3v) is 9.49. The number of rotatable bonds is 6. The second-order valence-corrected chi connectivity index (χ2v) is 13.7. The van der Waals surface area contributed by atoms with Gasteiger partial charge in [0.25, 0.3) is 11.1 Å². The van der Waals surface area contributed by atoms with Gasteiger partial charge in [-0.15, -0.1) is 0 Å². The Morgan fingerprint density at radius 1 is 0.784 bits per heavy atom. The first-order chi connectivity index (χ1) is 24.2. The summed E-state index contributed by atoms with van der Waals surface area (Å²) in [6.45, 7) is 3.50. The lowest BCUT2D eigenvalue weighted by Crippen LogP contribution is -2.46. The molecule has 1 fully saturated rings. The fourth-order valence-electron chi connectivity index (χ4n) is 5.36. The molecule has 19 heteroatoms. The minimum atomic E-state index is -4.35. The lowest BCUT2D eigenvalue weighted by atomic mass is 10.3. The van der Waals surface area contributed by atoms with Crippen LogP contribution in [0.15, 0.2) is 69.9 Å². The predicted octanol–water partition coefficient (Wildman–Crippen LogP) is 5.48. The number of nitrogens with zero attached hydrogens (tertiary/aromatic N) is 10. The number of benzene rings is 2. The fourth-order valence-corrected chi connectivity index (χ4v) is 6.62. The standard InChI is InChI=1S/C17H19ClN6O.C15H11ClF4N4OS/c1-21-7-9-23(10-8-21)17-20-15-14(19-11-22(15)2)16(25)24(17)13-5-3-12(18)4-6-13;1-23-7-21-11-12(23)22-14(26-5-4-15(18,19)20)24(13(11)25)10-3-2-8(16)6-9(10)17/h3-6,11H,7-10H2,1-2H3;2-3,6-7H,4-5H2,1H3. The highest BCUT2D eigenvalue weighted by Crippen LogP contribution is 2.28. The van der Waals surface area contributed by atoms with Crippen LogP contribution in [0, 0.1) is 5.82 Å². The van der Waals surface area contributed by atoms with Gasteiger partial charge in [-0.3, -0.25) is 14.2 Å². The van der Waals surface area contributed by atoms with Crippen LogP contribution >= 0.6 is 35.0 Å². The molecule has 1 aliphatic rings. The molecule has 6 aromatic rings. The Balaban J connectivity index is 0.000000176. The largest absolute Gasteiger partial charge is 0.389 e. The second kappa shape index (κ2) is 14.7. The van der Waals surface area contributed by atoms with Crippen molar-refractivity contribution in [1.29, 1.82) is 0 Å². The average molecular weight is 766 g/mol. The Morgan fingerprint density at radius 3 is 1.94 bits per heavy atom. The molecule has 5 heterocycles. The van der Waals surface area contributed by atoms with Crippen molar-refractivity contribution in [3.63, 3.8) is 0 Å². The van der Waals surface area contributed by atoms with Crippen molar-refractivity contribution in [3.05, 3.63) is 91.7 Å². The lowest BCUT2D eigenvalue weighted by Gasteiger charge is -2.34. The highest BCUT2D eigenvalue weighted by Gasteiger charge is 2.28. The van der Waals surface area contributed by atoms with Gasteiger partial charge in [-0.2, -0.15) is 18.2 Å². The monoisotopic (exact) mass is 764 g/mol. The van der Waals surface area contributed by atoms with E-state index in [4.69, 9.17) is 28.2 Å². The van der Waals surface area contributed by atoms with E-state index in [1.54, 1.807) is 34.6 Å². The number of halogens is 6. The summed E-state index contributed by atoms with van der Waals surface area (Å²) in [6, 6.07) is 10.9. The van der Waals surface area contributed by atoms with Gasteiger partial charge in [0, 0.05) is 56.1 Å². The van der Waals surface area contributed by atoms with Crippen LogP contribution in [0.2, 0.25) is 10.0 Å². The molecule has 7 rings (SSSR count). The van der Waals surface area contributed by atoms with Gasteiger partial charge in [0.15, 0.2) is 27.5 Å². The summed E-state index contributed by atoms with van der Waals surface area (Å²) in [5.74, 6) is -0.514. The zero-order chi connectivity index (χ0) is 36.6. The third-order valence-electron chi connectivity index (χ3n) is 8.06. The smallest absolute Gasteiger partial charge is 0.339 e. The van der Waals surface area contributed by atoms with E-state index in [9.17, 15) is 27.2 Å². The van der Waals surface area contributed by atoms with Crippen LogP contribution in [0.4, 0.5) is 23.5 Å². The maximum absolute atomic E-state index is 14.3. The lowest BCUT2D eigenvalue weighted by molar-refractivity contribution is -0.129. The molecule has 0 aliphatic carbocycles.